The van der Waals surface area contributed by atoms with E-state index in [1.165, 1.54) is 38.5 Å². The number of unbranched alkanes of at least 4 members (excludes halogenated alkanes) is 2. The molecular weight excluding hydrogens is 176 g/mol. The summed E-state index contributed by atoms with van der Waals surface area (Å²) in [4.78, 5) is 1.63. The summed E-state index contributed by atoms with van der Waals surface area (Å²) in [5, 5.41) is 2.25. The van der Waals surface area contributed by atoms with Gasteiger partial charge in [0, 0.05) is 4.88 Å². The minimum atomic E-state index is 1.29. The lowest BCUT2D eigenvalue weighted by Crippen LogP contribution is -1.88. The van der Waals surface area contributed by atoms with Gasteiger partial charge in [0.15, 0.2) is 0 Å². The van der Waals surface area contributed by atoms with Gasteiger partial charge in [-0.3, -0.25) is 0 Å². The van der Waals surface area contributed by atoms with Crippen molar-refractivity contribution in [1.29, 1.82) is 0 Å². The summed E-state index contributed by atoms with van der Waals surface area (Å²) in [6.07, 6.45) is 7.90. The molecule has 13 heavy (non-hydrogen) atoms. The second-order valence-corrected chi connectivity index (χ2v) is 4.58. The minimum Gasteiger partial charge on any atom is -0.149 e. The quantitative estimate of drug-likeness (QED) is 0.631. The SMILES string of the molecule is CCCCc1ccsc1CCCC. The van der Waals surface area contributed by atoms with E-state index >= 15 is 0 Å². The van der Waals surface area contributed by atoms with Gasteiger partial charge in [0.05, 0.1) is 0 Å². The van der Waals surface area contributed by atoms with Crippen molar-refractivity contribution in [1.82, 2.24) is 0 Å². The van der Waals surface area contributed by atoms with Crippen molar-refractivity contribution in [2.45, 2.75) is 52.4 Å². The third-order valence-corrected chi connectivity index (χ3v) is 3.42. The van der Waals surface area contributed by atoms with Gasteiger partial charge >= 0.3 is 0 Å². The molecule has 0 nitrogen and oxygen atoms in total. The Hall–Kier alpha value is -0.300. The molecule has 0 aromatic carbocycles. The lowest BCUT2D eigenvalue weighted by Gasteiger charge is -2.01. The molecule has 0 spiro atoms. The molecular formula is C12H20S. The molecule has 1 rings (SSSR count). The highest BCUT2D eigenvalue weighted by atomic mass is 32.1. The van der Waals surface area contributed by atoms with Gasteiger partial charge in [0.2, 0.25) is 0 Å². The van der Waals surface area contributed by atoms with Gasteiger partial charge in [-0.15, -0.1) is 11.3 Å². The van der Waals surface area contributed by atoms with Crippen LogP contribution in [0.2, 0.25) is 0 Å². The number of hydrogen-bond donors (Lipinski definition) is 0. The Kier molecular flexibility index (Phi) is 5.14. The molecule has 0 radical (unpaired) electrons. The van der Waals surface area contributed by atoms with Gasteiger partial charge in [0.1, 0.15) is 0 Å². The summed E-state index contributed by atoms with van der Waals surface area (Å²) >= 11 is 1.94. The zero-order chi connectivity index (χ0) is 9.52. The molecule has 0 aliphatic rings. The number of rotatable bonds is 6. The molecule has 0 unspecified atom stereocenters. The zero-order valence-corrected chi connectivity index (χ0v) is 9.62. The molecule has 0 saturated carbocycles. The van der Waals surface area contributed by atoms with Crippen LogP contribution in [0, 0.1) is 0 Å². The fourth-order valence-corrected chi connectivity index (χ4v) is 2.49. The number of aryl methyl sites for hydroxylation is 2. The van der Waals surface area contributed by atoms with Crippen LogP contribution in [0.3, 0.4) is 0 Å². The van der Waals surface area contributed by atoms with E-state index in [9.17, 15) is 0 Å². The van der Waals surface area contributed by atoms with E-state index in [2.05, 4.69) is 25.3 Å². The first-order chi connectivity index (χ1) is 6.38. The topological polar surface area (TPSA) is 0 Å². The molecule has 74 valence electrons. The maximum Gasteiger partial charge on any atom is 0.00772 e. The molecule has 0 bridgehead atoms. The molecule has 0 N–H and O–H groups in total. The fourth-order valence-electron chi connectivity index (χ4n) is 1.51. The Morgan fingerprint density at radius 2 is 1.77 bits per heavy atom. The second-order valence-electron chi connectivity index (χ2n) is 3.58. The Bertz CT molecular complexity index is 202. The molecule has 1 aromatic heterocycles. The summed E-state index contributed by atoms with van der Waals surface area (Å²) < 4.78 is 0. The van der Waals surface area contributed by atoms with Crippen molar-refractivity contribution < 1.29 is 0 Å². The van der Waals surface area contributed by atoms with Crippen LogP contribution in [-0.4, -0.2) is 0 Å². The Morgan fingerprint density at radius 1 is 1.08 bits per heavy atom. The van der Waals surface area contributed by atoms with E-state index in [4.69, 9.17) is 0 Å². The third-order valence-electron chi connectivity index (χ3n) is 2.39. The smallest absolute Gasteiger partial charge is 0.00772 e. The Morgan fingerprint density at radius 3 is 2.46 bits per heavy atom. The monoisotopic (exact) mass is 196 g/mol. The van der Waals surface area contributed by atoms with Gasteiger partial charge in [-0.1, -0.05) is 26.7 Å². The first-order valence-electron chi connectivity index (χ1n) is 5.43. The van der Waals surface area contributed by atoms with Crippen molar-refractivity contribution in [3.8, 4) is 0 Å². The summed E-state index contributed by atoms with van der Waals surface area (Å²) in [7, 11) is 0. The summed E-state index contributed by atoms with van der Waals surface area (Å²) in [5.74, 6) is 0. The largest absolute Gasteiger partial charge is 0.149 e. The molecule has 1 heterocycles. The van der Waals surface area contributed by atoms with Crippen LogP contribution in [-0.2, 0) is 12.8 Å². The third kappa shape index (κ3) is 3.51. The molecule has 0 aliphatic heterocycles. The van der Waals surface area contributed by atoms with Crippen LogP contribution in [0.25, 0.3) is 0 Å². The predicted molar refractivity (Wildman–Crippen MR) is 61.5 cm³/mol. The maximum absolute atomic E-state index is 2.31. The van der Waals surface area contributed by atoms with E-state index in [0.29, 0.717) is 0 Å². The maximum atomic E-state index is 2.31. The van der Waals surface area contributed by atoms with Crippen LogP contribution in [0.4, 0.5) is 0 Å². The lowest BCUT2D eigenvalue weighted by atomic mass is 10.1. The van der Waals surface area contributed by atoms with E-state index in [-0.39, 0.29) is 0 Å². The Balaban J connectivity index is 2.45. The molecule has 1 aromatic rings. The predicted octanol–water partition coefficient (Wildman–Crippen LogP) is 4.43. The van der Waals surface area contributed by atoms with E-state index in [1.807, 2.05) is 11.3 Å². The first kappa shape index (κ1) is 10.8. The number of hydrogen-bond acceptors (Lipinski definition) is 1. The molecule has 0 aliphatic carbocycles. The van der Waals surface area contributed by atoms with Crippen molar-refractivity contribution in [3.05, 3.63) is 21.9 Å². The highest BCUT2D eigenvalue weighted by Gasteiger charge is 2.02. The van der Waals surface area contributed by atoms with E-state index in [1.54, 1.807) is 10.4 Å². The fraction of sp³-hybridized carbons (Fsp3) is 0.667. The van der Waals surface area contributed by atoms with Crippen LogP contribution in [0.15, 0.2) is 11.4 Å². The van der Waals surface area contributed by atoms with Crippen LogP contribution < -0.4 is 0 Å². The van der Waals surface area contributed by atoms with Crippen LogP contribution >= 0.6 is 11.3 Å². The molecule has 1 heteroatoms. The summed E-state index contributed by atoms with van der Waals surface area (Å²) in [6, 6.07) is 2.31. The average molecular weight is 196 g/mol. The van der Waals surface area contributed by atoms with Crippen molar-refractivity contribution >= 4 is 11.3 Å². The first-order valence-corrected chi connectivity index (χ1v) is 6.31. The van der Waals surface area contributed by atoms with Crippen molar-refractivity contribution in [2.75, 3.05) is 0 Å². The molecule has 0 atom stereocenters. The average Bonchev–Trinajstić information content (AvgIpc) is 2.59. The molecule has 0 amide bonds. The minimum absolute atomic E-state index is 1.29. The van der Waals surface area contributed by atoms with Crippen LogP contribution in [0.1, 0.15) is 50.0 Å². The van der Waals surface area contributed by atoms with Gasteiger partial charge in [-0.2, -0.15) is 0 Å². The molecule has 0 saturated heterocycles. The second kappa shape index (κ2) is 6.20. The normalized spacial score (nSPS) is 10.6. The summed E-state index contributed by atoms with van der Waals surface area (Å²) in [6.45, 7) is 4.53. The molecule has 0 fully saturated rings. The lowest BCUT2D eigenvalue weighted by molar-refractivity contribution is 0.768. The zero-order valence-electron chi connectivity index (χ0n) is 8.81. The van der Waals surface area contributed by atoms with Crippen LogP contribution in [0.5, 0.6) is 0 Å². The van der Waals surface area contributed by atoms with Crippen molar-refractivity contribution in [2.24, 2.45) is 0 Å². The highest BCUT2D eigenvalue weighted by molar-refractivity contribution is 7.10. The highest BCUT2D eigenvalue weighted by Crippen LogP contribution is 2.20. The van der Waals surface area contributed by atoms with E-state index in [0.717, 1.165) is 0 Å². The van der Waals surface area contributed by atoms with Gasteiger partial charge in [-0.05, 0) is 42.7 Å². The van der Waals surface area contributed by atoms with E-state index < -0.39 is 0 Å². The van der Waals surface area contributed by atoms with Gasteiger partial charge in [0.25, 0.3) is 0 Å². The summed E-state index contributed by atoms with van der Waals surface area (Å²) in [5.41, 5.74) is 1.61. The standard InChI is InChI=1S/C12H20S/c1-3-5-7-11-9-10-13-12(11)8-6-4-2/h9-10H,3-8H2,1-2H3. The number of thiophene rings is 1. The van der Waals surface area contributed by atoms with Gasteiger partial charge in [-0.25, -0.2) is 0 Å². The Labute approximate surface area is 86.0 Å². The van der Waals surface area contributed by atoms with Crippen molar-refractivity contribution in [3.63, 3.8) is 0 Å². The van der Waals surface area contributed by atoms with Gasteiger partial charge < -0.3 is 0 Å².